The van der Waals surface area contributed by atoms with Crippen LogP contribution in [0.15, 0.2) is 0 Å². The van der Waals surface area contributed by atoms with Gasteiger partial charge in [0.15, 0.2) is 0 Å². The summed E-state index contributed by atoms with van der Waals surface area (Å²) < 4.78 is 0. The van der Waals surface area contributed by atoms with Crippen molar-refractivity contribution in [2.75, 3.05) is 19.6 Å². The van der Waals surface area contributed by atoms with Gasteiger partial charge in [-0.3, -0.25) is 4.90 Å². The van der Waals surface area contributed by atoms with Gasteiger partial charge >= 0.3 is 0 Å². The highest BCUT2D eigenvalue weighted by molar-refractivity contribution is 4.83. The number of nitrogens with zero attached hydrogens (tertiary/aromatic N) is 1. The topological polar surface area (TPSA) is 15.3 Å². The molecular formula is C12H24N2. The summed E-state index contributed by atoms with van der Waals surface area (Å²) in [6.07, 6.45) is 5.63. The van der Waals surface area contributed by atoms with Gasteiger partial charge in [-0.2, -0.15) is 0 Å². The van der Waals surface area contributed by atoms with Crippen molar-refractivity contribution >= 4 is 0 Å². The Balaban J connectivity index is 1.86. The summed E-state index contributed by atoms with van der Waals surface area (Å²) in [7, 11) is 0. The van der Waals surface area contributed by atoms with Gasteiger partial charge in [-0.15, -0.1) is 0 Å². The minimum absolute atomic E-state index is 0.819. The highest BCUT2D eigenvalue weighted by atomic mass is 15.2. The van der Waals surface area contributed by atoms with Crippen molar-refractivity contribution in [1.82, 2.24) is 10.2 Å². The minimum atomic E-state index is 0.819. The van der Waals surface area contributed by atoms with Crippen LogP contribution in [0.3, 0.4) is 0 Å². The Morgan fingerprint density at radius 3 is 2.43 bits per heavy atom. The number of hydrogen-bond donors (Lipinski definition) is 1. The second-order valence-corrected chi connectivity index (χ2v) is 5.18. The first kappa shape index (κ1) is 10.4. The predicted molar refractivity (Wildman–Crippen MR) is 60.5 cm³/mol. The van der Waals surface area contributed by atoms with Crippen LogP contribution in [-0.4, -0.2) is 36.6 Å². The maximum atomic E-state index is 3.46. The fourth-order valence-electron chi connectivity index (χ4n) is 3.00. The molecule has 0 aliphatic carbocycles. The molecule has 2 rings (SSSR count). The molecule has 0 bridgehead atoms. The molecular weight excluding hydrogens is 172 g/mol. The van der Waals surface area contributed by atoms with Crippen LogP contribution in [-0.2, 0) is 0 Å². The monoisotopic (exact) mass is 196 g/mol. The molecule has 2 heterocycles. The van der Waals surface area contributed by atoms with Gasteiger partial charge in [-0.05, 0) is 52.1 Å². The lowest BCUT2D eigenvalue weighted by Crippen LogP contribution is -2.46. The van der Waals surface area contributed by atoms with Gasteiger partial charge in [0.1, 0.15) is 0 Å². The molecule has 1 N–H and O–H groups in total. The zero-order valence-electron chi connectivity index (χ0n) is 9.63. The molecule has 2 fully saturated rings. The van der Waals surface area contributed by atoms with E-state index in [1.54, 1.807) is 0 Å². The van der Waals surface area contributed by atoms with E-state index in [4.69, 9.17) is 0 Å². The van der Waals surface area contributed by atoms with Crippen LogP contribution >= 0.6 is 0 Å². The molecule has 3 unspecified atom stereocenters. The number of rotatable bonds is 2. The van der Waals surface area contributed by atoms with E-state index in [1.165, 1.54) is 45.3 Å². The molecule has 3 atom stereocenters. The van der Waals surface area contributed by atoms with Gasteiger partial charge in [-0.1, -0.05) is 6.42 Å². The number of likely N-dealkylation sites (tertiary alicyclic amines) is 1. The van der Waals surface area contributed by atoms with Crippen molar-refractivity contribution in [1.29, 1.82) is 0 Å². The Labute approximate surface area is 88.1 Å². The van der Waals surface area contributed by atoms with Gasteiger partial charge in [0, 0.05) is 18.6 Å². The lowest BCUT2D eigenvalue weighted by molar-refractivity contribution is 0.0871. The predicted octanol–water partition coefficient (Wildman–Crippen LogP) is 1.86. The third-order valence-electron chi connectivity index (χ3n) is 4.01. The molecule has 82 valence electrons. The second kappa shape index (κ2) is 4.63. The Bertz CT molecular complexity index is 165. The van der Waals surface area contributed by atoms with E-state index in [1.807, 2.05) is 0 Å². The van der Waals surface area contributed by atoms with E-state index in [2.05, 4.69) is 24.1 Å². The quantitative estimate of drug-likeness (QED) is 0.725. The highest BCUT2D eigenvalue weighted by Crippen LogP contribution is 2.24. The molecule has 0 saturated carbocycles. The Hall–Kier alpha value is -0.0800. The zero-order valence-corrected chi connectivity index (χ0v) is 9.63. The van der Waals surface area contributed by atoms with Crippen LogP contribution in [0.1, 0.15) is 39.5 Å². The van der Waals surface area contributed by atoms with Gasteiger partial charge in [0.2, 0.25) is 0 Å². The lowest BCUT2D eigenvalue weighted by atomic mass is 9.95. The van der Waals surface area contributed by atoms with E-state index < -0.39 is 0 Å². The van der Waals surface area contributed by atoms with Crippen LogP contribution in [0.4, 0.5) is 0 Å². The fraction of sp³-hybridized carbons (Fsp3) is 1.00. The summed E-state index contributed by atoms with van der Waals surface area (Å²) in [6, 6.07) is 1.64. The van der Waals surface area contributed by atoms with Crippen molar-refractivity contribution in [2.24, 2.45) is 5.92 Å². The second-order valence-electron chi connectivity index (χ2n) is 5.18. The third kappa shape index (κ3) is 2.29. The van der Waals surface area contributed by atoms with Gasteiger partial charge in [0.05, 0.1) is 0 Å². The average Bonchev–Trinajstić information content (AvgIpc) is 2.64. The van der Waals surface area contributed by atoms with Crippen molar-refractivity contribution in [3.05, 3.63) is 0 Å². The Kier molecular flexibility index (Phi) is 3.45. The summed E-state index contributed by atoms with van der Waals surface area (Å²) in [4.78, 5) is 2.74. The van der Waals surface area contributed by atoms with Crippen molar-refractivity contribution in [3.63, 3.8) is 0 Å². The average molecular weight is 196 g/mol. The fourth-order valence-corrected chi connectivity index (χ4v) is 3.00. The molecule has 0 aromatic heterocycles. The molecule has 2 heteroatoms. The van der Waals surface area contributed by atoms with Gasteiger partial charge in [0.25, 0.3) is 0 Å². The molecule has 14 heavy (non-hydrogen) atoms. The highest BCUT2D eigenvalue weighted by Gasteiger charge is 2.27. The van der Waals surface area contributed by atoms with Crippen LogP contribution in [0.25, 0.3) is 0 Å². The number of hydrogen-bond acceptors (Lipinski definition) is 2. The van der Waals surface area contributed by atoms with Crippen LogP contribution in [0.2, 0.25) is 0 Å². The van der Waals surface area contributed by atoms with Gasteiger partial charge in [-0.25, -0.2) is 0 Å². The maximum absolute atomic E-state index is 3.46. The molecule has 0 aromatic rings. The van der Waals surface area contributed by atoms with E-state index in [0.717, 1.165) is 18.0 Å². The summed E-state index contributed by atoms with van der Waals surface area (Å²) in [5.74, 6) is 0.915. The summed E-state index contributed by atoms with van der Waals surface area (Å²) in [5.41, 5.74) is 0. The molecule has 0 aromatic carbocycles. The maximum Gasteiger partial charge on any atom is 0.00698 e. The molecule has 0 radical (unpaired) electrons. The molecule has 2 nitrogen and oxygen atoms in total. The molecule has 0 spiro atoms. The summed E-state index contributed by atoms with van der Waals surface area (Å²) in [5, 5.41) is 3.46. The first-order chi connectivity index (χ1) is 6.77. The van der Waals surface area contributed by atoms with Crippen LogP contribution in [0.5, 0.6) is 0 Å². The van der Waals surface area contributed by atoms with E-state index >= 15 is 0 Å². The SMILES string of the molecule is CC1CCCC(C)N1CC1CCNC1. The van der Waals surface area contributed by atoms with Crippen LogP contribution < -0.4 is 5.32 Å². The van der Waals surface area contributed by atoms with Crippen molar-refractivity contribution < 1.29 is 0 Å². The van der Waals surface area contributed by atoms with Crippen LogP contribution in [0, 0.1) is 5.92 Å². The number of piperidine rings is 1. The normalized spacial score (nSPS) is 40.3. The Morgan fingerprint density at radius 1 is 1.14 bits per heavy atom. The van der Waals surface area contributed by atoms with Gasteiger partial charge < -0.3 is 5.32 Å². The first-order valence-electron chi connectivity index (χ1n) is 6.24. The third-order valence-corrected chi connectivity index (χ3v) is 4.01. The number of nitrogens with one attached hydrogen (secondary N) is 1. The standard InChI is InChI=1S/C12H24N2/c1-10-4-3-5-11(2)14(10)9-12-6-7-13-8-12/h10-13H,3-9H2,1-2H3. The Morgan fingerprint density at radius 2 is 1.86 bits per heavy atom. The lowest BCUT2D eigenvalue weighted by Gasteiger charge is -2.40. The molecule has 2 aliphatic heterocycles. The first-order valence-corrected chi connectivity index (χ1v) is 6.24. The van der Waals surface area contributed by atoms with E-state index in [0.29, 0.717) is 0 Å². The largest absolute Gasteiger partial charge is 0.316 e. The van der Waals surface area contributed by atoms with E-state index in [-0.39, 0.29) is 0 Å². The van der Waals surface area contributed by atoms with Crippen molar-refractivity contribution in [3.8, 4) is 0 Å². The minimum Gasteiger partial charge on any atom is -0.316 e. The summed E-state index contributed by atoms with van der Waals surface area (Å²) >= 11 is 0. The zero-order chi connectivity index (χ0) is 9.97. The molecule has 0 amide bonds. The molecule has 2 aliphatic rings. The van der Waals surface area contributed by atoms with E-state index in [9.17, 15) is 0 Å². The summed E-state index contributed by atoms with van der Waals surface area (Å²) in [6.45, 7) is 8.61. The smallest absolute Gasteiger partial charge is 0.00698 e. The van der Waals surface area contributed by atoms with Crippen molar-refractivity contribution in [2.45, 2.75) is 51.6 Å². The molecule has 2 saturated heterocycles.